The summed E-state index contributed by atoms with van der Waals surface area (Å²) in [4.78, 5) is 3.95. The van der Waals surface area contributed by atoms with Gasteiger partial charge in [-0.2, -0.15) is 0 Å². The lowest BCUT2D eigenvalue weighted by Gasteiger charge is -1.98. The van der Waals surface area contributed by atoms with Gasteiger partial charge < -0.3 is 0 Å². The Bertz CT molecular complexity index is 509. The number of nitrogens with zero attached hydrogens (tertiary/aromatic N) is 1. The molecule has 0 amide bonds. The first-order valence-corrected chi connectivity index (χ1v) is 5.54. The molecule has 0 saturated heterocycles. The van der Waals surface area contributed by atoms with E-state index in [0.717, 1.165) is 11.1 Å². The number of rotatable bonds is 2. The Morgan fingerprint density at radius 2 is 1.65 bits per heavy atom. The molecule has 0 aliphatic heterocycles. The number of aromatic nitrogens is 1. The van der Waals surface area contributed by atoms with Crippen LogP contribution in [0.5, 0.6) is 0 Å². The molecule has 0 fully saturated rings. The molecule has 0 bridgehead atoms. The van der Waals surface area contributed by atoms with E-state index in [4.69, 9.17) is 23.2 Å². The molecule has 88 valence electrons. The molecule has 0 aliphatic carbocycles. The molecule has 0 saturated carbocycles. The van der Waals surface area contributed by atoms with Crippen LogP contribution in [0.1, 0.15) is 11.1 Å². The molecule has 0 spiro atoms. The van der Waals surface area contributed by atoms with Crippen molar-refractivity contribution in [2.45, 2.75) is 0 Å². The highest BCUT2D eigenvalue weighted by atomic mass is 35.5. The Morgan fingerprint density at radius 3 is 2.29 bits per heavy atom. The zero-order valence-electron chi connectivity index (χ0n) is 8.81. The van der Waals surface area contributed by atoms with Gasteiger partial charge in [0.1, 0.15) is 0 Å². The van der Waals surface area contributed by atoms with Crippen molar-refractivity contribution in [2.75, 3.05) is 0 Å². The number of halogens is 3. The standard InChI is InChI=1S/C13H9Cl2N.ClH/c14-12-4-3-11(13(15)9-12)2-1-10-5-7-16-8-6-10;/h1-9H;1H/b2-1+;. The fraction of sp³-hybridized carbons (Fsp3) is 0. The normalized spacial score (nSPS) is 10.2. The molecule has 0 aliphatic rings. The molecule has 0 radical (unpaired) electrons. The Morgan fingerprint density at radius 1 is 0.941 bits per heavy atom. The number of hydrogen-bond acceptors (Lipinski definition) is 1. The second-order valence-corrected chi connectivity index (χ2v) is 4.12. The minimum absolute atomic E-state index is 0. The lowest BCUT2D eigenvalue weighted by Crippen LogP contribution is -1.76. The van der Waals surface area contributed by atoms with E-state index in [0.29, 0.717) is 10.0 Å². The third-order valence-electron chi connectivity index (χ3n) is 2.12. The van der Waals surface area contributed by atoms with Crippen LogP contribution in [0.4, 0.5) is 0 Å². The molecule has 17 heavy (non-hydrogen) atoms. The van der Waals surface area contributed by atoms with Gasteiger partial charge in [0.15, 0.2) is 0 Å². The van der Waals surface area contributed by atoms with E-state index in [1.165, 1.54) is 0 Å². The molecule has 1 heterocycles. The van der Waals surface area contributed by atoms with Crippen LogP contribution >= 0.6 is 35.6 Å². The molecule has 0 unspecified atom stereocenters. The Hall–Kier alpha value is -1.02. The maximum absolute atomic E-state index is 6.05. The van der Waals surface area contributed by atoms with Crippen molar-refractivity contribution in [3.05, 3.63) is 63.9 Å². The van der Waals surface area contributed by atoms with Gasteiger partial charge >= 0.3 is 0 Å². The van der Waals surface area contributed by atoms with Gasteiger partial charge in [-0.15, -0.1) is 12.4 Å². The van der Waals surface area contributed by atoms with Crippen molar-refractivity contribution in [1.29, 1.82) is 0 Å². The van der Waals surface area contributed by atoms with Crippen LogP contribution in [-0.4, -0.2) is 4.98 Å². The number of hydrogen-bond donors (Lipinski definition) is 0. The average molecular weight is 287 g/mol. The second kappa shape index (κ2) is 6.65. The quantitative estimate of drug-likeness (QED) is 0.758. The molecule has 0 atom stereocenters. The predicted octanol–water partition coefficient (Wildman–Crippen LogP) is 4.98. The van der Waals surface area contributed by atoms with E-state index >= 15 is 0 Å². The Labute approximate surface area is 117 Å². The van der Waals surface area contributed by atoms with Crippen molar-refractivity contribution < 1.29 is 0 Å². The molecule has 1 aromatic heterocycles. The van der Waals surface area contributed by atoms with Crippen molar-refractivity contribution >= 4 is 47.8 Å². The zero-order valence-corrected chi connectivity index (χ0v) is 11.1. The highest BCUT2D eigenvalue weighted by Gasteiger charge is 1.96. The van der Waals surface area contributed by atoms with Crippen LogP contribution in [0.15, 0.2) is 42.7 Å². The molecule has 4 heteroatoms. The summed E-state index contributed by atoms with van der Waals surface area (Å²) in [6.07, 6.45) is 7.44. The summed E-state index contributed by atoms with van der Waals surface area (Å²) >= 11 is 11.9. The van der Waals surface area contributed by atoms with Gasteiger partial charge in [0.05, 0.1) is 0 Å². The molecule has 2 aromatic rings. The smallest absolute Gasteiger partial charge is 0.0493 e. The third kappa shape index (κ3) is 4.04. The second-order valence-electron chi connectivity index (χ2n) is 3.28. The van der Waals surface area contributed by atoms with E-state index in [-0.39, 0.29) is 12.4 Å². The van der Waals surface area contributed by atoms with E-state index in [1.807, 2.05) is 36.4 Å². The first kappa shape index (κ1) is 14.0. The van der Waals surface area contributed by atoms with Gasteiger partial charge in [0, 0.05) is 22.4 Å². The molecule has 0 N–H and O–H groups in total. The number of benzene rings is 1. The van der Waals surface area contributed by atoms with Crippen molar-refractivity contribution in [2.24, 2.45) is 0 Å². The first-order chi connectivity index (χ1) is 7.75. The first-order valence-electron chi connectivity index (χ1n) is 4.79. The van der Waals surface area contributed by atoms with Crippen LogP contribution in [0.25, 0.3) is 12.2 Å². The fourth-order valence-electron chi connectivity index (χ4n) is 1.30. The maximum Gasteiger partial charge on any atom is 0.0493 e. The molecule has 2 rings (SSSR count). The summed E-state index contributed by atoms with van der Waals surface area (Å²) in [5, 5.41) is 1.30. The summed E-state index contributed by atoms with van der Waals surface area (Å²) in [5.41, 5.74) is 2.03. The largest absolute Gasteiger partial charge is 0.265 e. The van der Waals surface area contributed by atoms with Crippen LogP contribution in [0.2, 0.25) is 10.0 Å². The van der Waals surface area contributed by atoms with Gasteiger partial charge in [-0.05, 0) is 35.4 Å². The molecular formula is C13H10Cl3N. The fourth-order valence-corrected chi connectivity index (χ4v) is 1.77. The minimum atomic E-state index is 0. The van der Waals surface area contributed by atoms with Crippen molar-refractivity contribution in [3.8, 4) is 0 Å². The minimum Gasteiger partial charge on any atom is -0.265 e. The van der Waals surface area contributed by atoms with E-state index in [9.17, 15) is 0 Å². The van der Waals surface area contributed by atoms with E-state index < -0.39 is 0 Å². The van der Waals surface area contributed by atoms with Gasteiger partial charge in [0.2, 0.25) is 0 Å². The van der Waals surface area contributed by atoms with E-state index in [1.54, 1.807) is 18.5 Å². The van der Waals surface area contributed by atoms with Crippen LogP contribution in [0.3, 0.4) is 0 Å². The van der Waals surface area contributed by atoms with Gasteiger partial charge in [-0.1, -0.05) is 41.4 Å². The Kier molecular flexibility index (Phi) is 5.49. The summed E-state index contributed by atoms with van der Waals surface area (Å²) in [6, 6.07) is 9.30. The van der Waals surface area contributed by atoms with Gasteiger partial charge in [-0.25, -0.2) is 0 Å². The topological polar surface area (TPSA) is 12.9 Å². The van der Waals surface area contributed by atoms with Crippen LogP contribution in [-0.2, 0) is 0 Å². The summed E-state index contributed by atoms with van der Waals surface area (Å²) in [5.74, 6) is 0. The monoisotopic (exact) mass is 285 g/mol. The summed E-state index contributed by atoms with van der Waals surface area (Å²) < 4.78 is 0. The summed E-state index contributed by atoms with van der Waals surface area (Å²) in [6.45, 7) is 0. The van der Waals surface area contributed by atoms with Crippen LogP contribution < -0.4 is 0 Å². The van der Waals surface area contributed by atoms with E-state index in [2.05, 4.69) is 4.98 Å². The average Bonchev–Trinajstić information content (AvgIpc) is 2.29. The third-order valence-corrected chi connectivity index (χ3v) is 2.69. The highest BCUT2D eigenvalue weighted by Crippen LogP contribution is 2.22. The Balaban J connectivity index is 0.00000144. The lowest BCUT2D eigenvalue weighted by atomic mass is 10.1. The highest BCUT2D eigenvalue weighted by molar-refractivity contribution is 6.35. The van der Waals surface area contributed by atoms with Crippen LogP contribution in [0, 0.1) is 0 Å². The molecule has 1 aromatic carbocycles. The molecule has 1 nitrogen and oxygen atoms in total. The summed E-state index contributed by atoms with van der Waals surface area (Å²) in [7, 11) is 0. The SMILES string of the molecule is Cl.Clc1ccc(/C=C/c2ccncc2)c(Cl)c1. The van der Waals surface area contributed by atoms with Gasteiger partial charge in [-0.3, -0.25) is 4.98 Å². The van der Waals surface area contributed by atoms with Crippen molar-refractivity contribution in [1.82, 2.24) is 4.98 Å². The zero-order chi connectivity index (χ0) is 11.4. The lowest BCUT2D eigenvalue weighted by molar-refractivity contribution is 1.32. The van der Waals surface area contributed by atoms with Crippen molar-refractivity contribution in [3.63, 3.8) is 0 Å². The maximum atomic E-state index is 6.05. The number of pyridine rings is 1. The predicted molar refractivity (Wildman–Crippen MR) is 76.9 cm³/mol. The molecular weight excluding hydrogens is 277 g/mol. The van der Waals surface area contributed by atoms with Gasteiger partial charge in [0.25, 0.3) is 0 Å².